The van der Waals surface area contributed by atoms with Crippen LogP contribution in [0.1, 0.15) is 290 Å². The Labute approximate surface area is 351 Å². The van der Waals surface area contributed by atoms with Gasteiger partial charge in [-0.15, -0.1) is 0 Å². The Hall–Kier alpha value is -1.10. The Morgan fingerprint density at radius 3 is 0.911 bits per heavy atom. The van der Waals surface area contributed by atoms with E-state index in [1.165, 1.54) is 225 Å². The average molecular weight is 793 g/mol. The number of hydrogen-bond acceptors (Lipinski definition) is 5. The van der Waals surface area contributed by atoms with E-state index in [4.69, 9.17) is 14.2 Å². The van der Waals surface area contributed by atoms with E-state index in [-0.39, 0.29) is 18.5 Å². The molecule has 0 heterocycles. The van der Waals surface area contributed by atoms with Crippen LogP contribution in [0.15, 0.2) is 0 Å². The molecule has 0 spiro atoms. The highest BCUT2D eigenvalue weighted by Gasteiger charge is 2.17. The number of unbranched alkanes of at least 4 members (excludes halogenated alkanes) is 37. The van der Waals surface area contributed by atoms with E-state index in [1.807, 2.05) is 0 Å². The van der Waals surface area contributed by atoms with Crippen LogP contribution < -0.4 is 0 Å². The molecule has 0 bridgehead atoms. The fraction of sp³-hybridized carbons (Fsp3) is 0.961. The maximum absolute atomic E-state index is 12.8. The van der Waals surface area contributed by atoms with E-state index in [0.29, 0.717) is 26.1 Å². The Bertz CT molecular complexity index is 769. The molecule has 56 heavy (non-hydrogen) atoms. The van der Waals surface area contributed by atoms with Gasteiger partial charge in [-0.2, -0.15) is 0 Å². The molecule has 5 heteroatoms. The fourth-order valence-corrected chi connectivity index (χ4v) is 7.81. The monoisotopic (exact) mass is 793 g/mol. The van der Waals surface area contributed by atoms with Gasteiger partial charge in [0.2, 0.25) is 0 Å². The van der Waals surface area contributed by atoms with Gasteiger partial charge >= 0.3 is 11.9 Å². The maximum atomic E-state index is 12.8. The van der Waals surface area contributed by atoms with E-state index in [1.54, 1.807) is 0 Å². The molecule has 334 valence electrons. The van der Waals surface area contributed by atoms with Crippen molar-refractivity contribution in [1.29, 1.82) is 0 Å². The first-order valence-electron chi connectivity index (χ1n) is 25.6. The number of rotatable bonds is 48. The van der Waals surface area contributed by atoms with Crippen molar-refractivity contribution in [2.75, 3.05) is 19.8 Å². The van der Waals surface area contributed by atoms with Crippen LogP contribution in [-0.4, -0.2) is 37.9 Å². The molecule has 0 saturated carbocycles. The van der Waals surface area contributed by atoms with Crippen LogP contribution >= 0.6 is 0 Å². The third kappa shape index (κ3) is 45.6. The summed E-state index contributed by atoms with van der Waals surface area (Å²) >= 11 is 0. The van der Waals surface area contributed by atoms with Crippen LogP contribution in [0.25, 0.3) is 0 Å². The second kappa shape index (κ2) is 48.3. The second-order valence-electron chi connectivity index (χ2n) is 17.5. The van der Waals surface area contributed by atoms with Gasteiger partial charge < -0.3 is 14.2 Å². The molecule has 0 aliphatic carbocycles. The highest BCUT2D eigenvalue weighted by molar-refractivity contribution is 5.70. The van der Waals surface area contributed by atoms with Gasteiger partial charge in [0.05, 0.1) is 6.61 Å². The first-order valence-corrected chi connectivity index (χ1v) is 25.6. The lowest BCUT2D eigenvalue weighted by molar-refractivity contribution is -0.163. The maximum Gasteiger partial charge on any atom is 0.306 e. The smallest absolute Gasteiger partial charge is 0.306 e. The lowest BCUT2D eigenvalue weighted by Crippen LogP contribution is -2.30. The van der Waals surface area contributed by atoms with Crippen LogP contribution in [0.4, 0.5) is 0 Å². The molecule has 0 amide bonds. The standard InChI is InChI=1S/C51H100O5/c1-4-7-10-13-16-19-22-24-25-26-28-31-34-37-40-43-46-54-47-49(48-55-50(52)44-41-38-35-32-29-21-18-15-12-9-6-3)56-51(53)45-42-39-36-33-30-27-23-20-17-14-11-8-5-2/h49H,4-48H2,1-3H3/t49-/m1/s1. The van der Waals surface area contributed by atoms with Gasteiger partial charge in [0, 0.05) is 19.4 Å². The molecule has 0 fully saturated rings. The number of carbonyl (C=O) groups excluding carboxylic acids is 2. The van der Waals surface area contributed by atoms with Crippen LogP contribution in [0.2, 0.25) is 0 Å². The molecule has 0 unspecified atom stereocenters. The molecular formula is C51H100O5. The highest BCUT2D eigenvalue weighted by Crippen LogP contribution is 2.16. The van der Waals surface area contributed by atoms with E-state index in [9.17, 15) is 9.59 Å². The van der Waals surface area contributed by atoms with Crippen molar-refractivity contribution in [2.45, 2.75) is 297 Å². The number of esters is 2. The molecule has 0 rings (SSSR count). The molecule has 0 aliphatic rings. The van der Waals surface area contributed by atoms with Crippen molar-refractivity contribution in [3.8, 4) is 0 Å². The van der Waals surface area contributed by atoms with Crippen molar-refractivity contribution in [2.24, 2.45) is 0 Å². The summed E-state index contributed by atoms with van der Waals surface area (Å²) in [5, 5.41) is 0. The van der Waals surface area contributed by atoms with Gasteiger partial charge in [-0.25, -0.2) is 0 Å². The molecular weight excluding hydrogens is 693 g/mol. The minimum atomic E-state index is -0.521. The van der Waals surface area contributed by atoms with Crippen LogP contribution in [-0.2, 0) is 23.8 Å². The summed E-state index contributed by atoms with van der Waals surface area (Å²) in [6.45, 7) is 7.89. The summed E-state index contributed by atoms with van der Waals surface area (Å²) in [5.74, 6) is -0.373. The van der Waals surface area contributed by atoms with Crippen molar-refractivity contribution in [3.63, 3.8) is 0 Å². The summed E-state index contributed by atoms with van der Waals surface area (Å²) in [6.07, 6.45) is 52.5. The van der Waals surface area contributed by atoms with Crippen LogP contribution in [0.5, 0.6) is 0 Å². The summed E-state index contributed by atoms with van der Waals surface area (Å²) in [5.41, 5.74) is 0. The van der Waals surface area contributed by atoms with Crippen molar-refractivity contribution >= 4 is 11.9 Å². The van der Waals surface area contributed by atoms with Gasteiger partial charge in [0.25, 0.3) is 0 Å². The van der Waals surface area contributed by atoms with Gasteiger partial charge in [0.15, 0.2) is 6.10 Å². The zero-order valence-electron chi connectivity index (χ0n) is 38.4. The van der Waals surface area contributed by atoms with Gasteiger partial charge in [-0.3, -0.25) is 9.59 Å². The predicted molar refractivity (Wildman–Crippen MR) is 243 cm³/mol. The second-order valence-corrected chi connectivity index (χ2v) is 17.5. The molecule has 1 atom stereocenters. The van der Waals surface area contributed by atoms with Crippen LogP contribution in [0.3, 0.4) is 0 Å². The number of carbonyl (C=O) groups is 2. The zero-order valence-corrected chi connectivity index (χ0v) is 38.4. The normalized spacial score (nSPS) is 12.0. The van der Waals surface area contributed by atoms with E-state index >= 15 is 0 Å². The predicted octanol–water partition coefficient (Wildman–Crippen LogP) is 16.9. The first kappa shape index (κ1) is 54.9. The molecule has 0 aromatic heterocycles. The number of hydrogen-bond donors (Lipinski definition) is 0. The highest BCUT2D eigenvalue weighted by atomic mass is 16.6. The summed E-state index contributed by atoms with van der Waals surface area (Å²) in [6, 6.07) is 0. The minimum Gasteiger partial charge on any atom is -0.462 e. The topological polar surface area (TPSA) is 61.8 Å². The summed E-state index contributed by atoms with van der Waals surface area (Å²) in [4.78, 5) is 25.3. The SMILES string of the molecule is CCCCCCCCCCCCCCCCCCOC[C@H](COC(=O)CCCCCCCCCCCCC)OC(=O)CCCCCCCCCCCCCCC. The summed E-state index contributed by atoms with van der Waals surface area (Å²) in [7, 11) is 0. The van der Waals surface area contributed by atoms with Crippen molar-refractivity contribution in [1.82, 2.24) is 0 Å². The van der Waals surface area contributed by atoms with E-state index in [2.05, 4.69) is 20.8 Å². The van der Waals surface area contributed by atoms with Crippen molar-refractivity contribution < 1.29 is 23.8 Å². The molecule has 5 nitrogen and oxygen atoms in total. The Morgan fingerprint density at radius 1 is 0.321 bits per heavy atom. The largest absolute Gasteiger partial charge is 0.462 e. The van der Waals surface area contributed by atoms with Gasteiger partial charge in [-0.05, 0) is 19.3 Å². The summed E-state index contributed by atoms with van der Waals surface area (Å²) < 4.78 is 17.4. The quantitative estimate of drug-likeness (QED) is 0.0454. The third-order valence-corrected chi connectivity index (χ3v) is 11.6. The fourth-order valence-electron chi connectivity index (χ4n) is 7.81. The lowest BCUT2D eigenvalue weighted by Gasteiger charge is -2.18. The third-order valence-electron chi connectivity index (χ3n) is 11.6. The van der Waals surface area contributed by atoms with Gasteiger partial charge in [-0.1, -0.05) is 258 Å². The molecule has 0 aromatic carbocycles. The Morgan fingerprint density at radius 2 is 0.589 bits per heavy atom. The average Bonchev–Trinajstić information content (AvgIpc) is 3.20. The van der Waals surface area contributed by atoms with Crippen molar-refractivity contribution in [3.05, 3.63) is 0 Å². The Balaban J connectivity index is 4.17. The van der Waals surface area contributed by atoms with E-state index < -0.39 is 6.10 Å². The lowest BCUT2D eigenvalue weighted by atomic mass is 10.0. The molecule has 0 N–H and O–H groups in total. The van der Waals surface area contributed by atoms with Gasteiger partial charge in [0.1, 0.15) is 6.61 Å². The van der Waals surface area contributed by atoms with E-state index in [0.717, 1.165) is 32.1 Å². The van der Waals surface area contributed by atoms with Crippen LogP contribution in [0, 0.1) is 0 Å². The molecule has 0 aliphatic heterocycles. The number of ether oxygens (including phenoxy) is 3. The zero-order chi connectivity index (χ0) is 40.7. The molecule has 0 radical (unpaired) electrons. The molecule has 0 aromatic rings. The Kier molecular flexibility index (Phi) is 47.3. The molecule has 0 saturated heterocycles. The first-order chi connectivity index (χ1) is 27.6. The minimum absolute atomic E-state index is 0.0974.